The van der Waals surface area contributed by atoms with Crippen molar-refractivity contribution in [2.24, 2.45) is 0 Å². The molecule has 0 aliphatic carbocycles. The Morgan fingerprint density at radius 3 is 2.31 bits per heavy atom. The summed E-state index contributed by atoms with van der Waals surface area (Å²) < 4.78 is 0. The summed E-state index contributed by atoms with van der Waals surface area (Å²) in [7, 11) is 0. The van der Waals surface area contributed by atoms with Crippen molar-refractivity contribution >= 4 is 11.4 Å². The Balaban J connectivity index is 2.31. The molecule has 0 radical (unpaired) electrons. The van der Waals surface area contributed by atoms with Crippen molar-refractivity contribution in [2.45, 2.75) is 38.8 Å². The Morgan fingerprint density at radius 1 is 1.25 bits per heavy atom. The molecule has 1 heterocycles. The number of para-hydroxylation sites is 2. The quantitative estimate of drug-likeness (QED) is 0.445. The minimum Gasteiger partial charge on any atom is -0.356 e. The number of nitro benzene ring substituents is 1. The van der Waals surface area contributed by atoms with Crippen molar-refractivity contribution in [3.63, 3.8) is 0 Å². The van der Waals surface area contributed by atoms with Gasteiger partial charge in [0.05, 0.1) is 4.92 Å². The van der Waals surface area contributed by atoms with Crippen LogP contribution in [0.2, 0.25) is 0 Å². The van der Waals surface area contributed by atoms with Gasteiger partial charge in [-0.1, -0.05) is 26.0 Å². The van der Waals surface area contributed by atoms with E-state index in [1.54, 1.807) is 12.1 Å². The Kier molecular flexibility index (Phi) is 2.81. The van der Waals surface area contributed by atoms with Crippen LogP contribution in [0.4, 0.5) is 11.4 Å². The second-order valence-electron chi connectivity index (χ2n) is 4.10. The van der Waals surface area contributed by atoms with Crippen LogP contribution < -0.4 is 4.90 Å². The minimum absolute atomic E-state index is 0.219. The van der Waals surface area contributed by atoms with Crippen LogP contribution in [0.5, 0.6) is 0 Å². The molecular formula is C12H16N2O2. The minimum atomic E-state index is -0.299. The second kappa shape index (κ2) is 4.12. The summed E-state index contributed by atoms with van der Waals surface area (Å²) in [6, 6.07) is 7.95. The highest BCUT2D eigenvalue weighted by atomic mass is 16.6. The van der Waals surface area contributed by atoms with Crippen molar-refractivity contribution in [3.8, 4) is 0 Å². The van der Waals surface area contributed by atoms with Gasteiger partial charge in [0, 0.05) is 18.2 Å². The maximum absolute atomic E-state index is 10.9. The van der Waals surface area contributed by atoms with Gasteiger partial charge in [-0.2, -0.15) is 0 Å². The van der Waals surface area contributed by atoms with Crippen LogP contribution in [0.1, 0.15) is 26.7 Å². The van der Waals surface area contributed by atoms with E-state index in [0.717, 1.165) is 18.5 Å². The molecule has 2 atom stereocenters. The molecule has 1 aliphatic rings. The zero-order chi connectivity index (χ0) is 11.7. The molecule has 0 bridgehead atoms. The fourth-order valence-corrected chi connectivity index (χ4v) is 2.47. The fourth-order valence-electron chi connectivity index (χ4n) is 2.47. The second-order valence-corrected chi connectivity index (χ2v) is 4.10. The number of hydrogen-bond donors (Lipinski definition) is 0. The molecule has 0 amide bonds. The van der Waals surface area contributed by atoms with E-state index in [9.17, 15) is 10.1 Å². The summed E-state index contributed by atoms with van der Waals surface area (Å²) in [5, 5.41) is 10.9. The van der Waals surface area contributed by atoms with Crippen LogP contribution in [0, 0.1) is 10.1 Å². The maximum Gasteiger partial charge on any atom is 0.292 e. The molecule has 2 unspecified atom stereocenters. The monoisotopic (exact) mass is 220 g/mol. The summed E-state index contributed by atoms with van der Waals surface area (Å²) >= 11 is 0. The van der Waals surface area contributed by atoms with Crippen LogP contribution in [-0.2, 0) is 0 Å². The summed E-state index contributed by atoms with van der Waals surface area (Å²) in [5.41, 5.74) is 0.989. The molecule has 1 aromatic carbocycles. The van der Waals surface area contributed by atoms with Gasteiger partial charge < -0.3 is 4.90 Å². The number of anilines is 1. The van der Waals surface area contributed by atoms with E-state index in [0.29, 0.717) is 12.1 Å². The van der Waals surface area contributed by atoms with Crippen molar-refractivity contribution in [1.29, 1.82) is 0 Å². The first-order valence-corrected chi connectivity index (χ1v) is 5.72. The molecule has 0 N–H and O–H groups in total. The van der Waals surface area contributed by atoms with Gasteiger partial charge >= 0.3 is 0 Å². The maximum atomic E-state index is 10.9. The average Bonchev–Trinajstić information content (AvgIpc) is 3.02. The van der Waals surface area contributed by atoms with E-state index in [1.165, 1.54) is 0 Å². The Morgan fingerprint density at radius 2 is 1.81 bits per heavy atom. The number of hydrogen-bond acceptors (Lipinski definition) is 3. The van der Waals surface area contributed by atoms with E-state index in [1.807, 2.05) is 12.1 Å². The van der Waals surface area contributed by atoms with Crippen LogP contribution in [0.3, 0.4) is 0 Å². The van der Waals surface area contributed by atoms with Gasteiger partial charge in [0.2, 0.25) is 0 Å². The lowest BCUT2D eigenvalue weighted by atomic mass is 10.2. The standard InChI is InChI=1S/C12H16N2O2/c1-3-9-10(4-2)13(9)11-7-5-6-8-12(11)14(15)16/h5-10H,3-4H2,1-2H3. The summed E-state index contributed by atoms with van der Waals surface area (Å²) in [6.07, 6.45) is 2.09. The van der Waals surface area contributed by atoms with Gasteiger partial charge in [0.15, 0.2) is 0 Å². The lowest BCUT2D eigenvalue weighted by Crippen LogP contribution is -2.02. The van der Waals surface area contributed by atoms with Gasteiger partial charge in [-0.15, -0.1) is 0 Å². The van der Waals surface area contributed by atoms with Crippen molar-refractivity contribution in [3.05, 3.63) is 34.4 Å². The zero-order valence-electron chi connectivity index (χ0n) is 9.59. The van der Waals surface area contributed by atoms with Crippen LogP contribution in [0.15, 0.2) is 24.3 Å². The fraction of sp³-hybridized carbons (Fsp3) is 0.500. The molecular weight excluding hydrogens is 204 g/mol. The number of benzene rings is 1. The molecule has 1 fully saturated rings. The third kappa shape index (κ3) is 1.64. The highest BCUT2D eigenvalue weighted by Gasteiger charge is 2.46. The number of rotatable bonds is 4. The lowest BCUT2D eigenvalue weighted by Gasteiger charge is -2.06. The lowest BCUT2D eigenvalue weighted by molar-refractivity contribution is -0.384. The molecule has 1 saturated heterocycles. The normalized spacial score (nSPS) is 23.2. The Labute approximate surface area is 95.0 Å². The number of nitrogens with zero attached hydrogens (tertiary/aromatic N) is 2. The third-order valence-electron chi connectivity index (χ3n) is 3.26. The van der Waals surface area contributed by atoms with Crippen molar-refractivity contribution in [2.75, 3.05) is 4.90 Å². The van der Waals surface area contributed by atoms with Gasteiger partial charge in [0.25, 0.3) is 5.69 Å². The molecule has 0 saturated carbocycles. The van der Waals surface area contributed by atoms with E-state index >= 15 is 0 Å². The van der Waals surface area contributed by atoms with E-state index < -0.39 is 0 Å². The Bertz CT molecular complexity index is 396. The predicted molar refractivity (Wildman–Crippen MR) is 63.7 cm³/mol. The van der Waals surface area contributed by atoms with Crippen LogP contribution in [0.25, 0.3) is 0 Å². The molecule has 16 heavy (non-hydrogen) atoms. The molecule has 0 spiro atoms. The molecule has 4 nitrogen and oxygen atoms in total. The first-order valence-electron chi connectivity index (χ1n) is 5.72. The third-order valence-corrected chi connectivity index (χ3v) is 3.26. The molecule has 1 aromatic rings. The SMILES string of the molecule is CCC1C(CC)N1c1ccccc1[N+](=O)[O-]. The smallest absolute Gasteiger partial charge is 0.292 e. The summed E-state index contributed by atoms with van der Waals surface area (Å²) in [6.45, 7) is 4.25. The highest BCUT2D eigenvalue weighted by Crippen LogP contribution is 2.43. The first kappa shape index (κ1) is 10.9. The largest absolute Gasteiger partial charge is 0.356 e. The Hall–Kier alpha value is -1.58. The topological polar surface area (TPSA) is 46.1 Å². The molecule has 86 valence electrons. The first-order chi connectivity index (χ1) is 7.70. The molecule has 2 rings (SSSR count). The van der Waals surface area contributed by atoms with Gasteiger partial charge in [0.1, 0.15) is 5.69 Å². The van der Waals surface area contributed by atoms with Crippen molar-refractivity contribution < 1.29 is 4.92 Å². The van der Waals surface area contributed by atoms with E-state index in [2.05, 4.69) is 18.7 Å². The zero-order valence-corrected chi connectivity index (χ0v) is 9.59. The molecule has 1 aliphatic heterocycles. The van der Waals surface area contributed by atoms with Gasteiger partial charge in [-0.05, 0) is 18.9 Å². The van der Waals surface area contributed by atoms with E-state index in [4.69, 9.17) is 0 Å². The average molecular weight is 220 g/mol. The molecule has 4 heteroatoms. The highest BCUT2D eigenvalue weighted by molar-refractivity contribution is 5.68. The van der Waals surface area contributed by atoms with Gasteiger partial charge in [-0.3, -0.25) is 10.1 Å². The van der Waals surface area contributed by atoms with Gasteiger partial charge in [-0.25, -0.2) is 0 Å². The van der Waals surface area contributed by atoms with Crippen LogP contribution >= 0.6 is 0 Å². The summed E-state index contributed by atoms with van der Waals surface area (Å²) in [5.74, 6) is 0. The summed E-state index contributed by atoms with van der Waals surface area (Å²) in [4.78, 5) is 12.8. The number of nitro groups is 1. The van der Waals surface area contributed by atoms with E-state index in [-0.39, 0.29) is 10.6 Å². The molecule has 0 aromatic heterocycles. The van der Waals surface area contributed by atoms with Crippen molar-refractivity contribution in [1.82, 2.24) is 0 Å². The van der Waals surface area contributed by atoms with Crippen LogP contribution in [-0.4, -0.2) is 17.0 Å². The predicted octanol–water partition coefficient (Wildman–Crippen LogP) is 2.97.